The van der Waals surface area contributed by atoms with Crippen molar-refractivity contribution in [2.24, 2.45) is 11.8 Å². The SMILES string of the molecule is CC1CCC(NC(=O)[C@H]2CC(=O)N(c3cccc(Cl)c3)C2)CC1. The topological polar surface area (TPSA) is 49.4 Å². The zero-order chi connectivity index (χ0) is 16.4. The van der Waals surface area contributed by atoms with Gasteiger partial charge < -0.3 is 10.2 Å². The average Bonchev–Trinajstić information content (AvgIpc) is 2.92. The van der Waals surface area contributed by atoms with Crippen molar-refractivity contribution >= 4 is 29.1 Å². The van der Waals surface area contributed by atoms with E-state index in [2.05, 4.69) is 12.2 Å². The molecule has 0 bridgehead atoms. The smallest absolute Gasteiger partial charge is 0.227 e. The first-order valence-electron chi connectivity index (χ1n) is 8.39. The molecule has 2 aliphatic rings. The van der Waals surface area contributed by atoms with Crippen LogP contribution in [-0.2, 0) is 9.59 Å². The van der Waals surface area contributed by atoms with Crippen molar-refractivity contribution in [1.29, 1.82) is 0 Å². The second-order valence-corrected chi connectivity index (χ2v) is 7.29. The third-order valence-corrected chi connectivity index (χ3v) is 5.21. The maximum Gasteiger partial charge on any atom is 0.227 e. The molecule has 3 rings (SSSR count). The van der Waals surface area contributed by atoms with Gasteiger partial charge in [0.25, 0.3) is 0 Å². The van der Waals surface area contributed by atoms with Crippen LogP contribution in [0.3, 0.4) is 0 Å². The quantitative estimate of drug-likeness (QED) is 0.921. The number of carbonyl (C=O) groups excluding carboxylic acids is 2. The third-order valence-electron chi connectivity index (χ3n) is 4.98. The number of halogens is 1. The molecule has 1 saturated heterocycles. The van der Waals surface area contributed by atoms with Crippen molar-refractivity contribution < 1.29 is 9.59 Å². The molecule has 5 heteroatoms. The Kier molecular flexibility index (Phi) is 4.90. The van der Waals surface area contributed by atoms with Crippen molar-refractivity contribution in [2.75, 3.05) is 11.4 Å². The molecule has 0 spiro atoms. The lowest BCUT2D eigenvalue weighted by Gasteiger charge is -2.27. The summed E-state index contributed by atoms with van der Waals surface area (Å²) in [7, 11) is 0. The maximum absolute atomic E-state index is 12.5. The molecule has 23 heavy (non-hydrogen) atoms. The van der Waals surface area contributed by atoms with E-state index in [0.717, 1.165) is 24.4 Å². The third kappa shape index (κ3) is 3.86. The molecular formula is C18H23ClN2O2. The predicted octanol–water partition coefficient (Wildman–Crippen LogP) is 3.39. The lowest BCUT2D eigenvalue weighted by molar-refractivity contribution is -0.127. The Bertz CT molecular complexity index is 596. The summed E-state index contributed by atoms with van der Waals surface area (Å²) in [5.41, 5.74) is 0.768. The summed E-state index contributed by atoms with van der Waals surface area (Å²) >= 11 is 5.99. The number of hydrogen-bond donors (Lipinski definition) is 1. The molecule has 2 amide bonds. The Morgan fingerprint density at radius 3 is 2.70 bits per heavy atom. The van der Waals surface area contributed by atoms with E-state index in [1.165, 1.54) is 12.8 Å². The number of amides is 2. The van der Waals surface area contributed by atoms with Crippen molar-refractivity contribution in [1.82, 2.24) is 5.32 Å². The number of benzene rings is 1. The van der Waals surface area contributed by atoms with Gasteiger partial charge in [0.1, 0.15) is 0 Å². The Morgan fingerprint density at radius 2 is 2.00 bits per heavy atom. The van der Waals surface area contributed by atoms with Crippen LogP contribution in [0.5, 0.6) is 0 Å². The zero-order valence-corrected chi connectivity index (χ0v) is 14.2. The van der Waals surface area contributed by atoms with Crippen molar-refractivity contribution in [3.8, 4) is 0 Å². The summed E-state index contributed by atoms with van der Waals surface area (Å²) in [6.45, 7) is 2.70. The lowest BCUT2D eigenvalue weighted by Crippen LogP contribution is -2.41. The monoisotopic (exact) mass is 334 g/mol. The zero-order valence-electron chi connectivity index (χ0n) is 13.4. The second-order valence-electron chi connectivity index (χ2n) is 6.85. The van der Waals surface area contributed by atoms with E-state index in [1.807, 2.05) is 12.1 Å². The molecule has 1 aliphatic carbocycles. The highest BCUT2D eigenvalue weighted by Gasteiger charge is 2.36. The van der Waals surface area contributed by atoms with E-state index < -0.39 is 0 Å². The van der Waals surface area contributed by atoms with Gasteiger partial charge >= 0.3 is 0 Å². The molecule has 1 N–H and O–H groups in total. The van der Waals surface area contributed by atoms with Crippen molar-refractivity contribution in [2.45, 2.75) is 45.1 Å². The molecule has 1 heterocycles. The van der Waals surface area contributed by atoms with E-state index in [1.54, 1.807) is 17.0 Å². The molecule has 1 aromatic rings. The molecule has 1 atom stereocenters. The van der Waals surface area contributed by atoms with E-state index in [0.29, 0.717) is 11.6 Å². The van der Waals surface area contributed by atoms with Crippen LogP contribution in [0.1, 0.15) is 39.0 Å². The van der Waals surface area contributed by atoms with E-state index in [4.69, 9.17) is 11.6 Å². The molecule has 1 saturated carbocycles. The molecule has 2 fully saturated rings. The van der Waals surface area contributed by atoms with Gasteiger partial charge in [-0.15, -0.1) is 0 Å². The summed E-state index contributed by atoms with van der Waals surface area (Å²) in [6, 6.07) is 7.49. The van der Waals surface area contributed by atoms with Gasteiger partial charge in [-0.25, -0.2) is 0 Å². The van der Waals surface area contributed by atoms with Gasteiger partial charge in [-0.2, -0.15) is 0 Å². The summed E-state index contributed by atoms with van der Waals surface area (Å²) < 4.78 is 0. The first-order valence-corrected chi connectivity index (χ1v) is 8.77. The fourth-order valence-electron chi connectivity index (χ4n) is 3.50. The molecule has 0 unspecified atom stereocenters. The molecule has 0 aromatic heterocycles. The number of hydrogen-bond acceptors (Lipinski definition) is 2. The normalized spacial score (nSPS) is 28.0. The Labute approximate surface area is 142 Å². The van der Waals surface area contributed by atoms with E-state index in [9.17, 15) is 9.59 Å². The fourth-order valence-corrected chi connectivity index (χ4v) is 3.68. The van der Waals surface area contributed by atoms with Gasteiger partial charge in [-0.1, -0.05) is 24.6 Å². The molecule has 0 radical (unpaired) electrons. The van der Waals surface area contributed by atoms with Crippen molar-refractivity contribution in [3.05, 3.63) is 29.3 Å². The highest BCUT2D eigenvalue weighted by atomic mass is 35.5. The minimum atomic E-state index is -0.263. The first kappa shape index (κ1) is 16.3. The molecular weight excluding hydrogens is 312 g/mol. The highest BCUT2D eigenvalue weighted by molar-refractivity contribution is 6.30. The molecule has 124 valence electrons. The molecule has 4 nitrogen and oxygen atoms in total. The van der Waals surface area contributed by atoms with Crippen LogP contribution < -0.4 is 10.2 Å². The van der Waals surface area contributed by atoms with Gasteiger partial charge in [-0.05, 0) is 49.8 Å². The molecule has 1 aromatic carbocycles. The standard InChI is InChI=1S/C18H23ClN2O2/c1-12-5-7-15(8-6-12)20-18(23)13-9-17(22)21(11-13)16-4-2-3-14(19)10-16/h2-4,10,12-13,15H,5-9,11H2,1H3,(H,20,23)/t12?,13-,15?/m0/s1. The minimum Gasteiger partial charge on any atom is -0.353 e. The summed E-state index contributed by atoms with van der Waals surface area (Å²) in [5, 5.41) is 3.74. The highest BCUT2D eigenvalue weighted by Crippen LogP contribution is 2.28. The largest absolute Gasteiger partial charge is 0.353 e. The number of carbonyl (C=O) groups is 2. The number of nitrogens with zero attached hydrogens (tertiary/aromatic N) is 1. The van der Waals surface area contributed by atoms with Crippen molar-refractivity contribution in [3.63, 3.8) is 0 Å². The predicted molar refractivity (Wildman–Crippen MR) is 91.5 cm³/mol. The summed E-state index contributed by atoms with van der Waals surface area (Å²) in [5.74, 6) is 0.502. The maximum atomic E-state index is 12.5. The lowest BCUT2D eigenvalue weighted by atomic mass is 9.87. The number of nitrogens with one attached hydrogen (secondary N) is 1. The van der Waals surface area contributed by atoms with E-state index in [-0.39, 0.29) is 30.2 Å². The van der Waals surface area contributed by atoms with Crippen LogP contribution in [0, 0.1) is 11.8 Å². The Balaban J connectivity index is 1.59. The first-order chi connectivity index (χ1) is 11.0. The average molecular weight is 335 g/mol. The number of rotatable bonds is 3. The van der Waals surface area contributed by atoms with Crippen LogP contribution in [0.15, 0.2) is 24.3 Å². The van der Waals surface area contributed by atoms with Gasteiger partial charge in [0, 0.05) is 29.7 Å². The minimum absolute atomic E-state index is 0.00955. The van der Waals surface area contributed by atoms with Gasteiger partial charge in [-0.3, -0.25) is 9.59 Å². The fraction of sp³-hybridized carbons (Fsp3) is 0.556. The van der Waals surface area contributed by atoms with E-state index >= 15 is 0 Å². The number of anilines is 1. The van der Waals surface area contributed by atoms with Crippen LogP contribution >= 0.6 is 11.6 Å². The van der Waals surface area contributed by atoms with Gasteiger partial charge in [0.2, 0.25) is 11.8 Å². The van der Waals surface area contributed by atoms with Crippen LogP contribution in [0.4, 0.5) is 5.69 Å². The van der Waals surface area contributed by atoms with Gasteiger partial charge in [0.05, 0.1) is 5.92 Å². The Hall–Kier alpha value is -1.55. The summed E-state index contributed by atoms with van der Waals surface area (Å²) in [4.78, 5) is 26.4. The second kappa shape index (κ2) is 6.91. The Morgan fingerprint density at radius 1 is 1.26 bits per heavy atom. The van der Waals surface area contributed by atoms with Crippen LogP contribution in [0.2, 0.25) is 5.02 Å². The summed E-state index contributed by atoms with van der Waals surface area (Å²) in [6.07, 6.45) is 4.71. The van der Waals surface area contributed by atoms with Gasteiger partial charge in [0.15, 0.2) is 0 Å². The van der Waals surface area contributed by atoms with Crippen LogP contribution in [-0.4, -0.2) is 24.4 Å². The van der Waals surface area contributed by atoms with Crippen LogP contribution in [0.25, 0.3) is 0 Å². The molecule has 1 aliphatic heterocycles.